The molecule has 0 unspecified atom stereocenters. The van der Waals surface area contributed by atoms with E-state index in [0.717, 1.165) is 30.8 Å². The van der Waals surface area contributed by atoms with Crippen molar-refractivity contribution in [3.05, 3.63) is 64.7 Å². The molecular formula is C19H23ClN2O2. The third-order valence-electron chi connectivity index (χ3n) is 4.09. The molecule has 4 nitrogen and oxygen atoms in total. The van der Waals surface area contributed by atoms with Gasteiger partial charge in [-0.3, -0.25) is 4.79 Å². The van der Waals surface area contributed by atoms with Crippen molar-refractivity contribution in [2.75, 3.05) is 6.61 Å². The molecule has 0 spiro atoms. The predicted octanol–water partition coefficient (Wildman–Crippen LogP) is 2.97. The first kappa shape index (κ1) is 18.3. The van der Waals surface area contributed by atoms with Crippen molar-refractivity contribution in [1.82, 2.24) is 10.6 Å². The Morgan fingerprint density at radius 3 is 2.54 bits per heavy atom. The van der Waals surface area contributed by atoms with E-state index in [1.807, 2.05) is 24.3 Å². The number of hydrogen-bond acceptors (Lipinski definition) is 3. The molecule has 24 heavy (non-hydrogen) atoms. The van der Waals surface area contributed by atoms with Crippen LogP contribution in [0.4, 0.5) is 0 Å². The van der Waals surface area contributed by atoms with Gasteiger partial charge in [0.25, 0.3) is 5.91 Å². The van der Waals surface area contributed by atoms with Crippen LogP contribution in [0.2, 0.25) is 0 Å². The van der Waals surface area contributed by atoms with Crippen LogP contribution in [0, 0.1) is 0 Å². The summed E-state index contributed by atoms with van der Waals surface area (Å²) >= 11 is 0. The fraction of sp³-hybridized carbons (Fsp3) is 0.316. The fourth-order valence-electron chi connectivity index (χ4n) is 2.68. The summed E-state index contributed by atoms with van der Waals surface area (Å²) in [6, 6.07) is 14.2. The van der Waals surface area contributed by atoms with Gasteiger partial charge in [-0.2, -0.15) is 0 Å². The van der Waals surface area contributed by atoms with Crippen LogP contribution in [0.15, 0.2) is 42.5 Å². The van der Waals surface area contributed by atoms with Gasteiger partial charge in [0.15, 0.2) is 6.61 Å². The van der Waals surface area contributed by atoms with Crippen molar-refractivity contribution >= 4 is 18.3 Å². The van der Waals surface area contributed by atoms with Crippen LogP contribution in [0.3, 0.4) is 0 Å². The molecule has 1 heterocycles. The highest BCUT2D eigenvalue weighted by molar-refractivity contribution is 5.85. The third kappa shape index (κ3) is 4.73. The van der Waals surface area contributed by atoms with Gasteiger partial charge in [0.1, 0.15) is 5.75 Å². The number of benzene rings is 2. The molecule has 2 N–H and O–H groups in total. The summed E-state index contributed by atoms with van der Waals surface area (Å²) in [6.07, 6.45) is 0.997. The second-order valence-corrected chi connectivity index (χ2v) is 5.77. The summed E-state index contributed by atoms with van der Waals surface area (Å²) in [4.78, 5) is 11.9. The summed E-state index contributed by atoms with van der Waals surface area (Å²) in [7, 11) is 0. The Morgan fingerprint density at radius 1 is 1.08 bits per heavy atom. The van der Waals surface area contributed by atoms with E-state index >= 15 is 0 Å². The summed E-state index contributed by atoms with van der Waals surface area (Å²) < 4.78 is 5.51. The molecule has 128 valence electrons. The number of halogens is 1. The van der Waals surface area contributed by atoms with E-state index in [1.165, 1.54) is 16.7 Å². The Bertz CT molecular complexity index is 686. The van der Waals surface area contributed by atoms with E-state index in [2.05, 4.69) is 35.8 Å². The molecule has 0 fully saturated rings. The lowest BCUT2D eigenvalue weighted by Crippen LogP contribution is -2.28. The Balaban J connectivity index is 0.00000208. The monoisotopic (exact) mass is 346 g/mol. The first-order valence-corrected chi connectivity index (χ1v) is 8.04. The van der Waals surface area contributed by atoms with Crippen LogP contribution in [0.1, 0.15) is 29.2 Å². The minimum absolute atomic E-state index is 0. The number of ether oxygens (including phenoxy) is 1. The number of aryl methyl sites for hydroxylation is 1. The summed E-state index contributed by atoms with van der Waals surface area (Å²) in [5, 5.41) is 6.22. The second kappa shape index (κ2) is 8.71. The minimum atomic E-state index is -0.108. The molecule has 0 bridgehead atoms. The van der Waals surface area contributed by atoms with Crippen LogP contribution >= 0.6 is 12.4 Å². The van der Waals surface area contributed by atoms with Crippen molar-refractivity contribution in [3.8, 4) is 5.75 Å². The van der Waals surface area contributed by atoms with Crippen LogP contribution in [0.25, 0.3) is 0 Å². The van der Waals surface area contributed by atoms with Crippen molar-refractivity contribution in [2.45, 2.75) is 33.0 Å². The standard InChI is InChI=1S/C19H22N2O2.ClH/c1-2-14-4-7-18(8-5-14)23-13-19(22)21-10-15-3-6-16-11-20-12-17(16)9-15;/h3-9,20H,2,10-13H2,1H3,(H,21,22);1H. The second-order valence-electron chi connectivity index (χ2n) is 5.77. The number of nitrogens with one attached hydrogen (secondary N) is 2. The van der Waals surface area contributed by atoms with Crippen molar-refractivity contribution < 1.29 is 9.53 Å². The molecular weight excluding hydrogens is 324 g/mol. The highest BCUT2D eigenvalue weighted by Crippen LogP contribution is 2.17. The lowest BCUT2D eigenvalue weighted by atomic mass is 10.1. The largest absolute Gasteiger partial charge is 0.484 e. The smallest absolute Gasteiger partial charge is 0.258 e. The molecule has 0 radical (unpaired) electrons. The summed E-state index contributed by atoms with van der Waals surface area (Å²) in [6.45, 7) is 4.53. The number of rotatable bonds is 6. The zero-order valence-corrected chi connectivity index (χ0v) is 14.6. The van der Waals surface area contributed by atoms with Crippen LogP contribution in [-0.2, 0) is 30.8 Å². The van der Waals surface area contributed by atoms with E-state index in [1.54, 1.807) is 0 Å². The average molecular weight is 347 g/mol. The number of fused-ring (bicyclic) bond motifs is 1. The van der Waals surface area contributed by atoms with E-state index in [4.69, 9.17) is 4.74 Å². The molecule has 0 saturated heterocycles. The van der Waals surface area contributed by atoms with Gasteiger partial charge >= 0.3 is 0 Å². The summed E-state index contributed by atoms with van der Waals surface area (Å²) in [5.74, 6) is 0.615. The van der Waals surface area contributed by atoms with Gasteiger partial charge in [0, 0.05) is 19.6 Å². The van der Waals surface area contributed by atoms with E-state index < -0.39 is 0 Å². The van der Waals surface area contributed by atoms with Crippen molar-refractivity contribution in [3.63, 3.8) is 0 Å². The molecule has 2 aromatic rings. The van der Waals surface area contributed by atoms with Gasteiger partial charge in [-0.15, -0.1) is 12.4 Å². The molecule has 0 aliphatic carbocycles. The SMILES string of the molecule is CCc1ccc(OCC(=O)NCc2ccc3c(c2)CNC3)cc1.Cl. The van der Waals surface area contributed by atoms with E-state index in [9.17, 15) is 4.79 Å². The Morgan fingerprint density at radius 2 is 1.79 bits per heavy atom. The highest BCUT2D eigenvalue weighted by Gasteiger charge is 2.10. The normalized spacial score (nSPS) is 12.2. The predicted molar refractivity (Wildman–Crippen MR) is 97.4 cm³/mol. The molecule has 1 amide bonds. The summed E-state index contributed by atoms with van der Waals surface area (Å²) in [5.41, 5.74) is 5.05. The van der Waals surface area contributed by atoms with Gasteiger partial charge in [-0.1, -0.05) is 37.3 Å². The molecule has 3 rings (SSSR count). The Kier molecular flexibility index (Phi) is 6.64. The van der Waals surface area contributed by atoms with Gasteiger partial charge in [0.05, 0.1) is 0 Å². The first-order valence-electron chi connectivity index (χ1n) is 8.04. The molecule has 0 aromatic heterocycles. The van der Waals surface area contributed by atoms with E-state index in [0.29, 0.717) is 6.54 Å². The molecule has 1 aliphatic heterocycles. The minimum Gasteiger partial charge on any atom is -0.484 e. The third-order valence-corrected chi connectivity index (χ3v) is 4.09. The first-order chi connectivity index (χ1) is 11.2. The quantitative estimate of drug-likeness (QED) is 0.845. The molecule has 0 saturated carbocycles. The maximum atomic E-state index is 11.9. The van der Waals surface area contributed by atoms with Crippen molar-refractivity contribution in [1.29, 1.82) is 0 Å². The van der Waals surface area contributed by atoms with Gasteiger partial charge in [0.2, 0.25) is 0 Å². The average Bonchev–Trinajstić information content (AvgIpc) is 3.06. The molecule has 5 heteroatoms. The van der Waals surface area contributed by atoms with Gasteiger partial charge < -0.3 is 15.4 Å². The fourth-order valence-corrected chi connectivity index (χ4v) is 2.68. The maximum Gasteiger partial charge on any atom is 0.258 e. The van der Waals surface area contributed by atoms with Crippen LogP contribution in [-0.4, -0.2) is 12.5 Å². The van der Waals surface area contributed by atoms with Crippen LogP contribution in [0.5, 0.6) is 5.75 Å². The lowest BCUT2D eigenvalue weighted by Gasteiger charge is -2.09. The van der Waals surface area contributed by atoms with Crippen molar-refractivity contribution in [2.24, 2.45) is 0 Å². The zero-order valence-electron chi connectivity index (χ0n) is 13.8. The number of carbonyl (C=O) groups is 1. The zero-order chi connectivity index (χ0) is 16.1. The number of hydrogen-bond donors (Lipinski definition) is 2. The van der Waals surface area contributed by atoms with Gasteiger partial charge in [-0.25, -0.2) is 0 Å². The highest BCUT2D eigenvalue weighted by atomic mass is 35.5. The molecule has 0 atom stereocenters. The number of amides is 1. The van der Waals surface area contributed by atoms with Crippen LogP contribution < -0.4 is 15.4 Å². The molecule has 2 aromatic carbocycles. The lowest BCUT2D eigenvalue weighted by molar-refractivity contribution is -0.123. The molecule has 1 aliphatic rings. The Hall–Kier alpha value is -2.04. The maximum absolute atomic E-state index is 11.9. The topological polar surface area (TPSA) is 50.4 Å². The Labute approximate surface area is 149 Å². The number of carbonyl (C=O) groups excluding carboxylic acids is 1. The van der Waals surface area contributed by atoms with Gasteiger partial charge in [-0.05, 0) is 40.8 Å². The van der Waals surface area contributed by atoms with E-state index in [-0.39, 0.29) is 24.9 Å².